The summed E-state index contributed by atoms with van der Waals surface area (Å²) in [6, 6.07) is 11.8. The van der Waals surface area contributed by atoms with Gasteiger partial charge in [-0.05, 0) is 68.1 Å². The van der Waals surface area contributed by atoms with E-state index in [1.807, 2.05) is 45.0 Å². The highest BCUT2D eigenvalue weighted by molar-refractivity contribution is 5.92. The molecule has 144 valence electrons. The van der Waals surface area contributed by atoms with E-state index in [1.165, 1.54) is 0 Å². The maximum absolute atomic E-state index is 12.8. The highest BCUT2D eigenvalue weighted by atomic mass is 16.2. The number of likely N-dealkylation sites (N-methyl/N-ethyl adjacent to an activating group) is 1. The molecule has 1 aromatic carbocycles. The van der Waals surface area contributed by atoms with E-state index in [1.54, 1.807) is 30.4 Å². The predicted octanol–water partition coefficient (Wildman–Crippen LogP) is 3.86. The summed E-state index contributed by atoms with van der Waals surface area (Å²) in [5.74, 6) is 0.308. The minimum absolute atomic E-state index is 0.122. The zero-order valence-electron chi connectivity index (χ0n) is 16.7. The minimum Gasteiger partial charge on any atom is -0.340 e. The lowest BCUT2D eigenvalue weighted by molar-refractivity contribution is 0.0790. The molecule has 1 N–H and O–H groups in total. The van der Waals surface area contributed by atoms with Crippen molar-refractivity contribution < 1.29 is 4.79 Å². The van der Waals surface area contributed by atoms with E-state index in [9.17, 15) is 4.79 Å². The van der Waals surface area contributed by atoms with Crippen molar-refractivity contribution in [1.82, 2.24) is 19.9 Å². The van der Waals surface area contributed by atoms with Gasteiger partial charge in [-0.2, -0.15) is 0 Å². The molecule has 0 aliphatic heterocycles. The van der Waals surface area contributed by atoms with E-state index < -0.39 is 0 Å². The van der Waals surface area contributed by atoms with Crippen LogP contribution in [0.4, 0.5) is 11.6 Å². The molecule has 0 aliphatic rings. The van der Waals surface area contributed by atoms with Gasteiger partial charge in [0.05, 0.1) is 0 Å². The highest BCUT2D eigenvalue weighted by Gasteiger charge is 2.16. The van der Waals surface area contributed by atoms with E-state index >= 15 is 0 Å². The number of nitrogens with zero attached hydrogens (tertiary/aromatic N) is 4. The van der Waals surface area contributed by atoms with Crippen molar-refractivity contribution in [3.63, 3.8) is 0 Å². The van der Waals surface area contributed by atoms with Gasteiger partial charge < -0.3 is 10.2 Å². The molecule has 6 nitrogen and oxygen atoms in total. The van der Waals surface area contributed by atoms with Crippen LogP contribution in [-0.2, 0) is 6.42 Å². The molecule has 0 aliphatic carbocycles. The summed E-state index contributed by atoms with van der Waals surface area (Å²) in [6.07, 6.45) is 4.29. The van der Waals surface area contributed by atoms with Crippen LogP contribution in [0.25, 0.3) is 0 Å². The van der Waals surface area contributed by atoms with Crippen molar-refractivity contribution in [2.45, 2.75) is 27.2 Å². The quantitative estimate of drug-likeness (QED) is 0.708. The molecule has 3 aromatic rings. The van der Waals surface area contributed by atoms with Crippen LogP contribution in [0, 0.1) is 20.8 Å². The molecule has 6 heteroatoms. The molecule has 28 heavy (non-hydrogen) atoms. The van der Waals surface area contributed by atoms with Gasteiger partial charge >= 0.3 is 0 Å². The number of pyridine rings is 1. The predicted molar refractivity (Wildman–Crippen MR) is 111 cm³/mol. The van der Waals surface area contributed by atoms with Gasteiger partial charge in [0.25, 0.3) is 5.91 Å². The lowest BCUT2D eigenvalue weighted by Crippen LogP contribution is -2.30. The maximum atomic E-state index is 12.8. The molecule has 0 fully saturated rings. The number of hydrogen-bond acceptors (Lipinski definition) is 5. The van der Waals surface area contributed by atoms with E-state index in [0.29, 0.717) is 18.2 Å². The van der Waals surface area contributed by atoms with E-state index in [4.69, 9.17) is 0 Å². The van der Waals surface area contributed by atoms with Crippen LogP contribution in [-0.4, -0.2) is 39.4 Å². The van der Waals surface area contributed by atoms with Crippen LogP contribution < -0.4 is 5.32 Å². The van der Waals surface area contributed by atoms with Gasteiger partial charge in [-0.15, -0.1) is 0 Å². The lowest BCUT2D eigenvalue weighted by Gasteiger charge is -2.17. The van der Waals surface area contributed by atoms with Gasteiger partial charge in [0, 0.05) is 37.4 Å². The van der Waals surface area contributed by atoms with Gasteiger partial charge in [0.15, 0.2) is 0 Å². The first-order valence-electron chi connectivity index (χ1n) is 9.26. The molecule has 3 rings (SSSR count). The number of nitrogens with one attached hydrogen (secondary N) is 1. The fourth-order valence-corrected chi connectivity index (χ4v) is 2.87. The molecule has 2 heterocycles. The smallest absolute Gasteiger partial charge is 0.272 e. The second-order valence-electron chi connectivity index (χ2n) is 6.99. The summed E-state index contributed by atoms with van der Waals surface area (Å²) >= 11 is 0. The van der Waals surface area contributed by atoms with Gasteiger partial charge in [0.2, 0.25) is 5.95 Å². The third-order valence-electron chi connectivity index (χ3n) is 4.54. The number of benzene rings is 1. The zero-order chi connectivity index (χ0) is 20.1. The number of anilines is 2. The molecule has 0 unspecified atom stereocenters. The number of aryl methyl sites for hydroxylation is 3. The third-order valence-corrected chi connectivity index (χ3v) is 4.54. The van der Waals surface area contributed by atoms with Crippen molar-refractivity contribution in [2.24, 2.45) is 0 Å². The molecule has 0 saturated heterocycles. The molecule has 2 aromatic heterocycles. The Hall–Kier alpha value is -3.28. The van der Waals surface area contributed by atoms with Crippen molar-refractivity contribution in [1.29, 1.82) is 0 Å². The molecule has 0 spiro atoms. The summed E-state index contributed by atoms with van der Waals surface area (Å²) < 4.78 is 0. The average molecular weight is 375 g/mol. The normalized spacial score (nSPS) is 10.6. The highest BCUT2D eigenvalue weighted by Crippen LogP contribution is 2.20. The number of amides is 1. The summed E-state index contributed by atoms with van der Waals surface area (Å²) in [5, 5.41) is 3.25. The minimum atomic E-state index is -0.122. The molecule has 0 radical (unpaired) electrons. The summed E-state index contributed by atoms with van der Waals surface area (Å²) in [4.78, 5) is 27.4. The summed E-state index contributed by atoms with van der Waals surface area (Å²) in [5.41, 5.74) is 5.46. The van der Waals surface area contributed by atoms with Crippen LogP contribution in [0.3, 0.4) is 0 Å². The lowest BCUT2D eigenvalue weighted by atomic mass is 10.1. The first kappa shape index (κ1) is 19.5. The molecule has 0 saturated carbocycles. The second kappa shape index (κ2) is 8.61. The zero-order valence-corrected chi connectivity index (χ0v) is 16.7. The van der Waals surface area contributed by atoms with E-state index in [-0.39, 0.29) is 5.91 Å². The number of carbonyl (C=O) groups excluding carboxylic acids is 1. The second-order valence-corrected chi connectivity index (χ2v) is 6.99. The Morgan fingerprint density at radius 3 is 2.54 bits per heavy atom. The van der Waals surface area contributed by atoms with Crippen molar-refractivity contribution >= 4 is 17.5 Å². The van der Waals surface area contributed by atoms with Crippen LogP contribution in [0.1, 0.15) is 32.9 Å². The van der Waals surface area contributed by atoms with Gasteiger partial charge in [-0.1, -0.05) is 12.1 Å². The van der Waals surface area contributed by atoms with Crippen molar-refractivity contribution in [3.8, 4) is 0 Å². The van der Waals surface area contributed by atoms with Gasteiger partial charge in [-0.3, -0.25) is 9.78 Å². The first-order chi connectivity index (χ1) is 13.4. The largest absolute Gasteiger partial charge is 0.340 e. The number of carbonyl (C=O) groups is 1. The Bertz CT molecular complexity index is 972. The molecule has 0 bridgehead atoms. The summed E-state index contributed by atoms with van der Waals surface area (Å²) in [7, 11) is 1.79. The molecular weight excluding hydrogens is 350 g/mol. The number of rotatable bonds is 6. The fourth-order valence-electron chi connectivity index (χ4n) is 2.87. The summed E-state index contributed by atoms with van der Waals surface area (Å²) in [6.45, 7) is 6.53. The van der Waals surface area contributed by atoms with E-state index in [0.717, 1.165) is 34.5 Å². The Kier molecular flexibility index (Phi) is 5.99. The topological polar surface area (TPSA) is 71.0 Å². The third kappa shape index (κ3) is 4.91. The first-order valence-corrected chi connectivity index (χ1v) is 9.26. The maximum Gasteiger partial charge on any atom is 0.272 e. The van der Waals surface area contributed by atoms with Crippen LogP contribution >= 0.6 is 0 Å². The van der Waals surface area contributed by atoms with Crippen molar-refractivity contribution in [2.75, 3.05) is 18.9 Å². The average Bonchev–Trinajstić information content (AvgIpc) is 2.68. The standard InChI is InChI=1S/C22H25N5O/c1-15-5-6-16(2)19(13-15)25-22-24-17(3)14-20(26-22)21(28)27(4)12-9-18-7-10-23-11-8-18/h5-8,10-11,13-14H,9,12H2,1-4H3,(H,24,25,26). The van der Waals surface area contributed by atoms with Crippen LogP contribution in [0.2, 0.25) is 0 Å². The fraction of sp³-hybridized carbons (Fsp3) is 0.273. The van der Waals surface area contributed by atoms with E-state index in [2.05, 4.69) is 26.3 Å². The Labute approximate surface area is 165 Å². The number of hydrogen-bond donors (Lipinski definition) is 1. The van der Waals surface area contributed by atoms with Crippen LogP contribution in [0.5, 0.6) is 0 Å². The van der Waals surface area contributed by atoms with Crippen LogP contribution in [0.15, 0.2) is 48.8 Å². The SMILES string of the molecule is Cc1ccc(C)c(Nc2nc(C)cc(C(=O)N(C)CCc3ccncc3)n2)c1. The molecular formula is C22H25N5O. The Balaban J connectivity index is 1.74. The monoisotopic (exact) mass is 375 g/mol. The Morgan fingerprint density at radius 2 is 1.79 bits per heavy atom. The molecule has 1 amide bonds. The van der Waals surface area contributed by atoms with Gasteiger partial charge in [-0.25, -0.2) is 9.97 Å². The molecule has 0 atom stereocenters. The Morgan fingerprint density at radius 1 is 1.04 bits per heavy atom. The van der Waals surface area contributed by atoms with Crippen molar-refractivity contribution in [3.05, 3.63) is 76.9 Å². The number of aromatic nitrogens is 3. The van der Waals surface area contributed by atoms with Gasteiger partial charge in [0.1, 0.15) is 5.69 Å².